The van der Waals surface area contributed by atoms with Crippen LogP contribution in [0.2, 0.25) is 0 Å². The molecule has 6 nitrogen and oxygen atoms in total. The molecule has 158 valence electrons. The van der Waals surface area contributed by atoms with Gasteiger partial charge >= 0.3 is 6.61 Å². The predicted molar refractivity (Wildman–Crippen MR) is 110 cm³/mol. The first-order valence-corrected chi connectivity index (χ1v) is 9.42. The lowest BCUT2D eigenvalue weighted by atomic mass is 9.82. The zero-order valence-electron chi connectivity index (χ0n) is 16.7. The lowest BCUT2D eigenvalue weighted by Gasteiger charge is -2.26. The second-order valence-corrected chi connectivity index (χ2v) is 6.63. The van der Waals surface area contributed by atoms with Gasteiger partial charge in [0.2, 0.25) is 0 Å². The molecule has 1 aliphatic heterocycles. The first-order valence-electron chi connectivity index (χ1n) is 9.42. The van der Waals surface area contributed by atoms with Crippen molar-refractivity contribution in [1.82, 2.24) is 4.90 Å². The minimum Gasteiger partial charge on any atom is -0.435 e. The summed E-state index contributed by atoms with van der Waals surface area (Å²) in [5.74, 6) is -0.268. The summed E-state index contributed by atoms with van der Waals surface area (Å²) in [6, 6.07) is 13.2. The number of halogens is 2. The Morgan fingerprint density at radius 1 is 1.20 bits per heavy atom. The summed E-state index contributed by atoms with van der Waals surface area (Å²) >= 11 is 0. The van der Waals surface area contributed by atoms with Crippen LogP contribution >= 0.6 is 0 Å². The molecule has 0 aliphatic carbocycles. The lowest BCUT2D eigenvalue weighted by Crippen LogP contribution is -2.41. The Kier molecular flexibility index (Phi) is 6.47. The van der Waals surface area contributed by atoms with E-state index < -0.39 is 12.2 Å². The fourth-order valence-corrected chi connectivity index (χ4v) is 3.30. The molecule has 2 N–H and O–H groups in total. The van der Waals surface area contributed by atoms with Crippen LogP contribution in [0.25, 0.3) is 6.08 Å². The highest BCUT2D eigenvalue weighted by atomic mass is 19.3. The van der Waals surface area contributed by atoms with Crippen molar-refractivity contribution in [3.63, 3.8) is 0 Å². The van der Waals surface area contributed by atoms with Crippen LogP contribution in [0.15, 0.2) is 59.6 Å². The van der Waals surface area contributed by atoms with Gasteiger partial charge in [-0.1, -0.05) is 42.5 Å². The van der Waals surface area contributed by atoms with Crippen LogP contribution in [0.3, 0.4) is 0 Å². The highest BCUT2D eigenvalue weighted by Gasteiger charge is 2.49. The number of amides is 1. The number of aliphatic imine (C=N–C) groups is 1. The first kappa shape index (κ1) is 21.4. The van der Waals surface area contributed by atoms with Crippen LogP contribution in [-0.4, -0.2) is 43.6 Å². The average molecular weight is 415 g/mol. The Morgan fingerprint density at radius 3 is 2.53 bits per heavy atom. The molecule has 2 aromatic carbocycles. The molecular formula is C22H23F2N3O3. The van der Waals surface area contributed by atoms with E-state index in [1.165, 1.54) is 17.0 Å². The monoisotopic (exact) mass is 415 g/mol. The average Bonchev–Trinajstić information content (AvgIpc) is 2.96. The van der Waals surface area contributed by atoms with Crippen LogP contribution in [0.1, 0.15) is 23.6 Å². The molecule has 0 aromatic heterocycles. The Labute approximate surface area is 173 Å². The third-order valence-corrected chi connectivity index (χ3v) is 4.77. The summed E-state index contributed by atoms with van der Waals surface area (Å²) in [5, 5.41) is 0. The fourth-order valence-electron chi connectivity index (χ4n) is 3.30. The van der Waals surface area contributed by atoms with E-state index in [-0.39, 0.29) is 17.6 Å². The number of nitrogens with two attached hydrogens (primary N) is 1. The lowest BCUT2D eigenvalue weighted by molar-refractivity contribution is -0.129. The first-order chi connectivity index (χ1) is 14.4. The van der Waals surface area contributed by atoms with Crippen molar-refractivity contribution in [2.45, 2.75) is 19.1 Å². The van der Waals surface area contributed by atoms with Crippen molar-refractivity contribution in [3.8, 4) is 5.75 Å². The van der Waals surface area contributed by atoms with Gasteiger partial charge in [0.1, 0.15) is 5.75 Å². The van der Waals surface area contributed by atoms with E-state index in [0.29, 0.717) is 24.3 Å². The summed E-state index contributed by atoms with van der Waals surface area (Å²) in [7, 11) is 1.54. The van der Waals surface area contributed by atoms with Gasteiger partial charge < -0.3 is 15.2 Å². The summed E-state index contributed by atoms with van der Waals surface area (Å²) in [4.78, 5) is 19.0. The van der Waals surface area contributed by atoms with E-state index in [2.05, 4.69) is 9.73 Å². The molecule has 0 spiro atoms. The molecule has 1 atom stereocenters. The maximum absolute atomic E-state index is 13.3. The van der Waals surface area contributed by atoms with Crippen molar-refractivity contribution >= 4 is 17.9 Å². The summed E-state index contributed by atoms with van der Waals surface area (Å²) < 4.78 is 34.7. The molecule has 0 bridgehead atoms. The van der Waals surface area contributed by atoms with Gasteiger partial charge in [-0.3, -0.25) is 9.69 Å². The number of hydrogen-bond donors (Lipinski definition) is 1. The smallest absolute Gasteiger partial charge is 0.387 e. The van der Waals surface area contributed by atoms with Crippen molar-refractivity contribution in [2.24, 2.45) is 10.7 Å². The maximum atomic E-state index is 13.3. The molecule has 30 heavy (non-hydrogen) atoms. The Hall–Kier alpha value is -3.26. The number of ether oxygens (including phenoxy) is 2. The van der Waals surface area contributed by atoms with E-state index in [9.17, 15) is 13.6 Å². The zero-order chi connectivity index (χ0) is 21.7. The number of hydrogen-bond acceptors (Lipinski definition) is 5. The van der Waals surface area contributed by atoms with Crippen molar-refractivity contribution in [1.29, 1.82) is 0 Å². The third kappa shape index (κ3) is 4.18. The van der Waals surface area contributed by atoms with Gasteiger partial charge in [0.05, 0.1) is 6.61 Å². The summed E-state index contributed by atoms with van der Waals surface area (Å²) in [6.07, 6.45) is 3.77. The van der Waals surface area contributed by atoms with Gasteiger partial charge in [0, 0.05) is 13.7 Å². The maximum Gasteiger partial charge on any atom is 0.387 e. The SMILES string of the molecule is CCOCC=Cc1cccc(C2(c3ccc(OC(F)F)cc3)N=C(N)N(C)C2=O)c1. The van der Waals surface area contributed by atoms with E-state index in [4.69, 9.17) is 10.5 Å². The largest absolute Gasteiger partial charge is 0.435 e. The molecule has 2 aromatic rings. The van der Waals surface area contributed by atoms with E-state index in [0.717, 1.165) is 5.56 Å². The molecule has 0 fully saturated rings. The van der Waals surface area contributed by atoms with Gasteiger partial charge in [-0.05, 0) is 41.8 Å². The zero-order valence-corrected chi connectivity index (χ0v) is 16.7. The molecule has 3 rings (SSSR count). The standard InChI is InChI=1S/C22H23F2N3O3/c1-3-29-13-5-7-15-6-4-8-17(14-15)22(19(28)27(2)21(25)26-22)16-9-11-18(12-10-16)30-20(23)24/h4-12,14,20H,3,13H2,1-2H3,(H2,25,26). The number of benzene rings is 2. The van der Waals surface area contributed by atoms with Gasteiger partial charge in [0.25, 0.3) is 5.91 Å². The molecule has 0 radical (unpaired) electrons. The highest BCUT2D eigenvalue weighted by Crippen LogP contribution is 2.40. The second kappa shape index (κ2) is 9.04. The molecule has 1 aliphatic rings. The van der Waals surface area contributed by atoms with Crippen molar-refractivity contribution in [2.75, 3.05) is 20.3 Å². The number of rotatable bonds is 8. The number of nitrogens with zero attached hydrogens (tertiary/aromatic N) is 2. The quantitative estimate of drug-likeness (QED) is 0.671. The normalized spacial score (nSPS) is 19.0. The van der Waals surface area contributed by atoms with Crippen LogP contribution in [0.4, 0.5) is 8.78 Å². The Morgan fingerprint density at radius 2 is 1.93 bits per heavy atom. The highest BCUT2D eigenvalue weighted by molar-refractivity contribution is 6.09. The van der Waals surface area contributed by atoms with Crippen molar-refractivity contribution < 1.29 is 23.0 Å². The minimum atomic E-state index is -2.93. The summed E-state index contributed by atoms with van der Waals surface area (Å²) in [5.41, 5.74) is 6.53. The molecular weight excluding hydrogens is 392 g/mol. The van der Waals surface area contributed by atoms with E-state index in [1.807, 2.05) is 37.3 Å². The number of carbonyl (C=O) groups is 1. The Bertz CT molecular complexity index is 960. The fraction of sp³-hybridized carbons (Fsp3) is 0.273. The van der Waals surface area contributed by atoms with Gasteiger partial charge in [-0.2, -0.15) is 8.78 Å². The number of carbonyl (C=O) groups excluding carboxylic acids is 1. The molecule has 0 saturated carbocycles. The van der Waals surface area contributed by atoms with Crippen LogP contribution in [0, 0.1) is 0 Å². The third-order valence-electron chi connectivity index (χ3n) is 4.77. The molecule has 1 heterocycles. The van der Waals surface area contributed by atoms with Crippen LogP contribution in [-0.2, 0) is 15.1 Å². The second-order valence-electron chi connectivity index (χ2n) is 6.63. The van der Waals surface area contributed by atoms with E-state index >= 15 is 0 Å². The summed E-state index contributed by atoms with van der Waals surface area (Å²) in [6.45, 7) is 0.0797. The van der Waals surface area contributed by atoms with Crippen molar-refractivity contribution in [3.05, 3.63) is 71.3 Å². The topological polar surface area (TPSA) is 77.2 Å². The van der Waals surface area contributed by atoms with Crippen LogP contribution < -0.4 is 10.5 Å². The number of guanidine groups is 1. The van der Waals surface area contributed by atoms with Gasteiger partial charge in [-0.15, -0.1) is 0 Å². The number of likely N-dealkylation sites (N-methyl/N-ethyl adjacent to an activating group) is 1. The number of alkyl halides is 2. The molecule has 1 unspecified atom stereocenters. The molecule has 1 amide bonds. The Balaban J connectivity index is 2.05. The molecule has 0 saturated heterocycles. The van der Waals surface area contributed by atoms with Gasteiger partial charge in [-0.25, -0.2) is 4.99 Å². The molecule has 8 heteroatoms. The van der Waals surface area contributed by atoms with Gasteiger partial charge in [0.15, 0.2) is 11.5 Å². The predicted octanol–water partition coefficient (Wildman–Crippen LogP) is 3.37. The van der Waals surface area contributed by atoms with Crippen LogP contribution in [0.5, 0.6) is 5.75 Å². The minimum absolute atomic E-state index is 0.00717. The van der Waals surface area contributed by atoms with E-state index in [1.54, 1.807) is 25.2 Å².